The highest BCUT2D eigenvalue weighted by atomic mass is 79.9. The van der Waals surface area contributed by atoms with Crippen molar-refractivity contribution < 1.29 is 9.53 Å². The second kappa shape index (κ2) is 9.22. The molecule has 0 radical (unpaired) electrons. The van der Waals surface area contributed by atoms with Crippen molar-refractivity contribution in [2.24, 2.45) is 0 Å². The predicted octanol–water partition coefficient (Wildman–Crippen LogP) is 5.11. The van der Waals surface area contributed by atoms with Gasteiger partial charge in [-0.3, -0.25) is 14.6 Å². The number of ether oxygens (including phenoxy) is 1. The number of hydrogen-bond acceptors (Lipinski definition) is 6. The summed E-state index contributed by atoms with van der Waals surface area (Å²) >= 11 is 6.54. The maximum atomic E-state index is 13.3. The molecular weight excluding hydrogens is 470 g/mol. The molecule has 3 heterocycles. The number of aryl methyl sites for hydroxylation is 2. The second-order valence-corrected chi connectivity index (χ2v) is 10.7. The number of halogens is 1. The number of nitrogens with zero attached hydrogens (tertiary/aromatic N) is 3. The van der Waals surface area contributed by atoms with Gasteiger partial charge in [0.05, 0.1) is 32.1 Å². The maximum absolute atomic E-state index is 13.3. The fraction of sp³-hybridized carbons (Fsp3) is 0.429. The van der Waals surface area contributed by atoms with Gasteiger partial charge in [-0.15, -0.1) is 11.3 Å². The van der Waals surface area contributed by atoms with Crippen molar-refractivity contribution in [3.8, 4) is 0 Å². The fourth-order valence-electron chi connectivity index (χ4n) is 3.45. The second-order valence-electron chi connectivity index (χ2n) is 7.22. The Morgan fingerprint density at radius 3 is 2.72 bits per heavy atom. The van der Waals surface area contributed by atoms with Crippen LogP contribution in [0.3, 0.4) is 0 Å². The maximum Gasteiger partial charge on any atom is 0.270 e. The van der Waals surface area contributed by atoms with Crippen LogP contribution in [-0.4, -0.2) is 55.2 Å². The molecule has 1 fully saturated rings. The summed E-state index contributed by atoms with van der Waals surface area (Å²) in [4.78, 5) is 23.2. The number of amides is 1. The van der Waals surface area contributed by atoms with E-state index in [4.69, 9.17) is 9.72 Å². The molecule has 3 aromatic rings. The molecule has 4 rings (SSSR count). The topological polar surface area (TPSA) is 45.7 Å². The van der Waals surface area contributed by atoms with Crippen molar-refractivity contribution in [2.75, 3.05) is 44.3 Å². The third-order valence-corrected chi connectivity index (χ3v) is 7.95. The summed E-state index contributed by atoms with van der Waals surface area (Å²) in [6.45, 7) is 9.33. The predicted molar refractivity (Wildman–Crippen MR) is 125 cm³/mol. The molecule has 0 unspecified atom stereocenters. The van der Waals surface area contributed by atoms with Crippen LogP contribution in [0.25, 0.3) is 10.2 Å². The van der Waals surface area contributed by atoms with Gasteiger partial charge in [-0.2, -0.15) is 0 Å². The van der Waals surface area contributed by atoms with Crippen molar-refractivity contribution in [3.63, 3.8) is 0 Å². The third-order valence-electron chi connectivity index (χ3n) is 5.29. The van der Waals surface area contributed by atoms with E-state index in [2.05, 4.69) is 46.8 Å². The molecule has 0 atom stereocenters. The van der Waals surface area contributed by atoms with E-state index >= 15 is 0 Å². The van der Waals surface area contributed by atoms with Gasteiger partial charge in [0.1, 0.15) is 0 Å². The van der Waals surface area contributed by atoms with E-state index in [0.29, 0.717) is 6.54 Å². The number of thiophene rings is 1. The minimum absolute atomic E-state index is 0.0242. The molecule has 1 aromatic carbocycles. The van der Waals surface area contributed by atoms with E-state index in [-0.39, 0.29) is 5.91 Å². The van der Waals surface area contributed by atoms with Crippen LogP contribution in [0.2, 0.25) is 0 Å². The zero-order valence-electron chi connectivity index (χ0n) is 16.6. The zero-order valence-corrected chi connectivity index (χ0v) is 19.8. The van der Waals surface area contributed by atoms with Crippen LogP contribution in [0.15, 0.2) is 28.1 Å². The van der Waals surface area contributed by atoms with Crippen LogP contribution in [0.4, 0.5) is 5.13 Å². The molecule has 0 spiro atoms. The number of rotatable bonds is 6. The Morgan fingerprint density at radius 1 is 1.21 bits per heavy atom. The minimum atomic E-state index is 0.0242. The molecule has 5 nitrogen and oxygen atoms in total. The lowest BCUT2D eigenvalue weighted by Gasteiger charge is -2.27. The number of benzene rings is 1. The van der Waals surface area contributed by atoms with Gasteiger partial charge in [-0.25, -0.2) is 4.98 Å². The monoisotopic (exact) mass is 493 g/mol. The van der Waals surface area contributed by atoms with Crippen LogP contribution in [-0.2, 0) is 4.74 Å². The highest BCUT2D eigenvalue weighted by Crippen LogP contribution is 2.33. The lowest BCUT2D eigenvalue weighted by atomic mass is 10.1. The van der Waals surface area contributed by atoms with Crippen LogP contribution >= 0.6 is 38.6 Å². The number of carbonyl (C=O) groups excluding carboxylic acids is 1. The van der Waals surface area contributed by atoms with E-state index in [1.165, 1.54) is 22.5 Å². The first-order chi connectivity index (χ1) is 14.0. The first-order valence-electron chi connectivity index (χ1n) is 9.77. The van der Waals surface area contributed by atoms with Crippen LogP contribution < -0.4 is 4.90 Å². The van der Waals surface area contributed by atoms with Crippen molar-refractivity contribution in [1.29, 1.82) is 0 Å². The highest BCUT2D eigenvalue weighted by Gasteiger charge is 2.23. The number of anilines is 1. The Bertz CT molecular complexity index is 1010. The van der Waals surface area contributed by atoms with Gasteiger partial charge in [0.15, 0.2) is 5.13 Å². The van der Waals surface area contributed by atoms with Gasteiger partial charge in [-0.05, 0) is 65.5 Å². The van der Waals surface area contributed by atoms with Crippen LogP contribution in [0.5, 0.6) is 0 Å². The third kappa shape index (κ3) is 4.72. The largest absolute Gasteiger partial charge is 0.379 e. The van der Waals surface area contributed by atoms with Crippen molar-refractivity contribution >= 4 is 59.9 Å². The number of thiazole rings is 1. The molecule has 1 aliphatic rings. The number of morpholine rings is 1. The SMILES string of the molecule is Cc1ccc2sc(N(CCCN3CCOCC3)C(=O)c3ccc(Br)s3)nc2c1C. The van der Waals surface area contributed by atoms with Crippen molar-refractivity contribution in [1.82, 2.24) is 9.88 Å². The Balaban J connectivity index is 1.58. The summed E-state index contributed by atoms with van der Waals surface area (Å²) in [5.41, 5.74) is 3.41. The van der Waals surface area contributed by atoms with Gasteiger partial charge >= 0.3 is 0 Å². The minimum Gasteiger partial charge on any atom is -0.379 e. The molecule has 0 saturated carbocycles. The number of hydrogen-bond donors (Lipinski definition) is 0. The van der Waals surface area contributed by atoms with Crippen LogP contribution in [0.1, 0.15) is 27.2 Å². The quantitative estimate of drug-likeness (QED) is 0.478. The van der Waals surface area contributed by atoms with Gasteiger partial charge in [-0.1, -0.05) is 17.4 Å². The molecule has 154 valence electrons. The summed E-state index contributed by atoms with van der Waals surface area (Å²) in [6.07, 6.45) is 0.909. The molecule has 1 aliphatic heterocycles. The Labute approximate surface area is 187 Å². The van der Waals surface area contributed by atoms with Gasteiger partial charge in [0.25, 0.3) is 5.91 Å². The summed E-state index contributed by atoms with van der Waals surface area (Å²) in [5.74, 6) is 0.0242. The molecule has 1 amide bonds. The van der Waals surface area contributed by atoms with E-state index < -0.39 is 0 Å². The molecule has 0 aliphatic carbocycles. The standard InChI is InChI=1S/C21H24BrN3O2S2/c1-14-4-5-16-19(15(14)2)23-21(29-16)25(20(26)17-6-7-18(22)28-17)9-3-8-24-10-12-27-13-11-24/h4-7H,3,8-13H2,1-2H3. The first kappa shape index (κ1) is 20.9. The average Bonchev–Trinajstić information content (AvgIpc) is 3.35. The number of carbonyl (C=O) groups is 1. The molecule has 29 heavy (non-hydrogen) atoms. The van der Waals surface area contributed by atoms with Gasteiger partial charge < -0.3 is 4.74 Å². The lowest BCUT2D eigenvalue weighted by molar-refractivity contribution is 0.0376. The molecule has 0 bridgehead atoms. The number of aromatic nitrogens is 1. The van der Waals surface area contributed by atoms with Gasteiger partial charge in [0, 0.05) is 26.2 Å². The van der Waals surface area contributed by atoms with E-state index in [1.54, 1.807) is 11.3 Å². The van der Waals surface area contributed by atoms with E-state index in [1.807, 2.05) is 17.0 Å². The molecule has 8 heteroatoms. The van der Waals surface area contributed by atoms with Gasteiger partial charge in [0.2, 0.25) is 0 Å². The Morgan fingerprint density at radius 2 is 2.00 bits per heavy atom. The van der Waals surface area contributed by atoms with E-state index in [9.17, 15) is 4.79 Å². The normalized spacial score (nSPS) is 15.1. The molecular formula is C21H24BrN3O2S2. The van der Waals surface area contributed by atoms with E-state index in [0.717, 1.165) is 63.3 Å². The summed E-state index contributed by atoms with van der Waals surface area (Å²) in [5, 5.41) is 0.783. The highest BCUT2D eigenvalue weighted by molar-refractivity contribution is 9.11. The summed E-state index contributed by atoms with van der Waals surface area (Å²) in [6, 6.07) is 8.04. The first-order valence-corrected chi connectivity index (χ1v) is 12.2. The average molecular weight is 494 g/mol. The zero-order chi connectivity index (χ0) is 20.4. The van der Waals surface area contributed by atoms with Crippen molar-refractivity contribution in [3.05, 3.63) is 44.1 Å². The summed E-state index contributed by atoms with van der Waals surface area (Å²) < 4.78 is 7.52. The lowest BCUT2D eigenvalue weighted by Crippen LogP contribution is -2.39. The molecule has 2 aromatic heterocycles. The number of fused-ring (bicyclic) bond motifs is 1. The smallest absolute Gasteiger partial charge is 0.270 e. The molecule has 1 saturated heterocycles. The van der Waals surface area contributed by atoms with Crippen molar-refractivity contribution in [2.45, 2.75) is 20.3 Å². The van der Waals surface area contributed by atoms with Crippen LogP contribution in [0, 0.1) is 13.8 Å². The summed E-state index contributed by atoms with van der Waals surface area (Å²) in [7, 11) is 0. The Kier molecular flexibility index (Phi) is 6.66. The molecule has 0 N–H and O–H groups in total. The fourth-order valence-corrected chi connectivity index (χ4v) is 5.84. The Hall–Kier alpha value is -1.32.